The molecule has 1 saturated carbocycles. The SMILES string of the molecule is CC1(CNC[C@]2(O)CCC[C@H](Cn3cnc4ccc(C#N)cc43)C2)CCN(C(=O)O)C1. The van der Waals surface area contributed by atoms with E-state index < -0.39 is 11.7 Å². The number of aromatic nitrogens is 2. The molecular weight excluding hydrogens is 394 g/mol. The number of aliphatic hydroxyl groups is 1. The first kappa shape index (κ1) is 21.6. The summed E-state index contributed by atoms with van der Waals surface area (Å²) in [5, 5.41) is 33.0. The van der Waals surface area contributed by atoms with Gasteiger partial charge in [0.15, 0.2) is 0 Å². The number of amides is 1. The van der Waals surface area contributed by atoms with Gasteiger partial charge in [0.05, 0.1) is 34.6 Å². The average molecular weight is 426 g/mol. The summed E-state index contributed by atoms with van der Waals surface area (Å²) >= 11 is 0. The lowest BCUT2D eigenvalue weighted by Gasteiger charge is -2.38. The van der Waals surface area contributed by atoms with Gasteiger partial charge in [-0.2, -0.15) is 5.26 Å². The van der Waals surface area contributed by atoms with Crippen molar-refractivity contribution in [2.75, 3.05) is 26.2 Å². The maximum absolute atomic E-state index is 11.2. The van der Waals surface area contributed by atoms with E-state index in [0.717, 1.165) is 49.7 Å². The van der Waals surface area contributed by atoms with E-state index in [0.29, 0.717) is 37.7 Å². The molecule has 1 unspecified atom stereocenters. The molecule has 2 aliphatic rings. The summed E-state index contributed by atoms with van der Waals surface area (Å²) in [6, 6.07) is 7.72. The van der Waals surface area contributed by atoms with Crippen LogP contribution in [-0.2, 0) is 6.54 Å². The largest absolute Gasteiger partial charge is 0.465 e. The Hall–Kier alpha value is -2.63. The van der Waals surface area contributed by atoms with E-state index in [-0.39, 0.29) is 5.41 Å². The number of benzene rings is 1. The molecule has 1 aliphatic heterocycles. The number of carboxylic acid groups (broad SMARTS) is 1. The van der Waals surface area contributed by atoms with Gasteiger partial charge in [0.1, 0.15) is 0 Å². The van der Waals surface area contributed by atoms with Crippen molar-refractivity contribution in [2.45, 2.75) is 51.2 Å². The van der Waals surface area contributed by atoms with Crippen molar-refractivity contribution in [1.82, 2.24) is 19.8 Å². The Labute approximate surface area is 182 Å². The Morgan fingerprint density at radius 3 is 2.97 bits per heavy atom. The quantitative estimate of drug-likeness (QED) is 0.656. The minimum atomic E-state index is -0.855. The molecule has 1 aromatic carbocycles. The fourth-order valence-electron chi connectivity index (χ4n) is 5.26. The van der Waals surface area contributed by atoms with Crippen molar-refractivity contribution < 1.29 is 15.0 Å². The standard InChI is InChI=1S/C23H31N5O3/c1-22(7-8-27(15-22)21(29)30)13-25-14-23(31)6-2-3-18(10-23)12-28-16-26-19-5-4-17(11-24)9-20(19)28/h4-5,9,16,18,25,31H,2-3,6-8,10,12-15H2,1H3,(H,29,30)/t18-,22?,23-/m0/s1. The maximum atomic E-state index is 11.2. The molecule has 1 aliphatic carbocycles. The molecule has 166 valence electrons. The monoisotopic (exact) mass is 425 g/mol. The van der Waals surface area contributed by atoms with E-state index in [1.165, 1.54) is 4.90 Å². The summed E-state index contributed by atoms with van der Waals surface area (Å²) in [7, 11) is 0. The molecule has 1 amide bonds. The summed E-state index contributed by atoms with van der Waals surface area (Å²) in [6.07, 6.45) is 5.34. The third-order valence-corrected chi connectivity index (χ3v) is 6.96. The summed E-state index contributed by atoms with van der Waals surface area (Å²) in [5.74, 6) is 0.341. The van der Waals surface area contributed by atoms with Gasteiger partial charge < -0.3 is 25.0 Å². The van der Waals surface area contributed by atoms with Gasteiger partial charge in [-0.05, 0) is 55.2 Å². The van der Waals surface area contributed by atoms with Gasteiger partial charge in [0, 0.05) is 32.7 Å². The molecule has 8 nitrogen and oxygen atoms in total. The molecule has 2 aromatic rings. The molecule has 2 fully saturated rings. The fraction of sp³-hybridized carbons (Fsp3) is 0.609. The van der Waals surface area contributed by atoms with Gasteiger partial charge in [-0.25, -0.2) is 9.78 Å². The molecule has 4 rings (SSSR count). The molecule has 8 heteroatoms. The van der Waals surface area contributed by atoms with Crippen molar-refractivity contribution in [2.24, 2.45) is 11.3 Å². The zero-order valence-corrected chi connectivity index (χ0v) is 18.0. The van der Waals surface area contributed by atoms with Gasteiger partial charge in [-0.15, -0.1) is 0 Å². The minimum absolute atomic E-state index is 0.0863. The van der Waals surface area contributed by atoms with Gasteiger partial charge in [0.2, 0.25) is 0 Å². The van der Waals surface area contributed by atoms with Crippen LogP contribution in [0.5, 0.6) is 0 Å². The zero-order chi connectivity index (χ0) is 22.1. The lowest BCUT2D eigenvalue weighted by Crippen LogP contribution is -2.47. The van der Waals surface area contributed by atoms with Crippen molar-refractivity contribution >= 4 is 17.1 Å². The van der Waals surface area contributed by atoms with Crippen LogP contribution in [0.3, 0.4) is 0 Å². The second-order valence-electron chi connectivity index (χ2n) is 9.77. The van der Waals surface area contributed by atoms with Crippen molar-refractivity contribution in [3.63, 3.8) is 0 Å². The number of nitriles is 1. The third-order valence-electron chi connectivity index (χ3n) is 6.96. The molecule has 0 radical (unpaired) electrons. The van der Waals surface area contributed by atoms with E-state index in [1.54, 1.807) is 6.07 Å². The fourth-order valence-corrected chi connectivity index (χ4v) is 5.26. The lowest BCUT2D eigenvalue weighted by molar-refractivity contribution is -0.0189. The molecule has 31 heavy (non-hydrogen) atoms. The van der Waals surface area contributed by atoms with Crippen LogP contribution in [0.1, 0.15) is 44.6 Å². The van der Waals surface area contributed by atoms with Crippen LogP contribution in [-0.4, -0.2) is 62.5 Å². The Bertz CT molecular complexity index is 999. The third kappa shape index (κ3) is 4.83. The first-order chi connectivity index (χ1) is 14.8. The van der Waals surface area contributed by atoms with Crippen LogP contribution in [0.15, 0.2) is 24.5 Å². The second kappa shape index (κ2) is 8.48. The van der Waals surface area contributed by atoms with Crippen molar-refractivity contribution in [3.8, 4) is 6.07 Å². The topological polar surface area (TPSA) is 114 Å². The average Bonchev–Trinajstić information content (AvgIpc) is 3.31. The number of rotatable bonds is 6. The number of hydrogen-bond acceptors (Lipinski definition) is 5. The van der Waals surface area contributed by atoms with E-state index in [2.05, 4.69) is 27.9 Å². The molecule has 3 N–H and O–H groups in total. The molecule has 2 heterocycles. The molecule has 0 spiro atoms. The number of nitrogens with one attached hydrogen (secondary N) is 1. The summed E-state index contributed by atoms with van der Waals surface area (Å²) in [6.45, 7) is 5.22. The number of carbonyl (C=O) groups is 1. The van der Waals surface area contributed by atoms with Gasteiger partial charge in [-0.1, -0.05) is 13.3 Å². The summed E-state index contributed by atoms with van der Waals surface area (Å²) < 4.78 is 2.10. The van der Waals surface area contributed by atoms with Crippen LogP contribution >= 0.6 is 0 Å². The first-order valence-electron chi connectivity index (χ1n) is 11.1. The number of likely N-dealkylation sites (tertiary alicyclic amines) is 1. The maximum Gasteiger partial charge on any atom is 0.407 e. The van der Waals surface area contributed by atoms with E-state index in [1.807, 2.05) is 18.5 Å². The van der Waals surface area contributed by atoms with E-state index in [4.69, 9.17) is 0 Å². The number of fused-ring (bicyclic) bond motifs is 1. The highest BCUT2D eigenvalue weighted by atomic mass is 16.4. The molecule has 1 aromatic heterocycles. The zero-order valence-electron chi connectivity index (χ0n) is 18.0. The number of imidazole rings is 1. The predicted molar refractivity (Wildman–Crippen MR) is 117 cm³/mol. The summed E-state index contributed by atoms with van der Waals surface area (Å²) in [4.78, 5) is 17.1. The van der Waals surface area contributed by atoms with Crippen LogP contribution in [0, 0.1) is 22.7 Å². The highest BCUT2D eigenvalue weighted by molar-refractivity contribution is 5.76. The summed E-state index contributed by atoms with van der Waals surface area (Å²) in [5.41, 5.74) is 1.63. The molecular formula is C23H31N5O3. The van der Waals surface area contributed by atoms with Crippen LogP contribution in [0.4, 0.5) is 4.79 Å². The highest BCUT2D eigenvalue weighted by Crippen LogP contribution is 2.34. The Balaban J connectivity index is 1.34. The first-order valence-corrected chi connectivity index (χ1v) is 11.1. The van der Waals surface area contributed by atoms with E-state index in [9.17, 15) is 20.3 Å². The van der Waals surface area contributed by atoms with Crippen LogP contribution in [0.25, 0.3) is 11.0 Å². The second-order valence-corrected chi connectivity index (χ2v) is 9.77. The number of nitrogens with zero attached hydrogens (tertiary/aromatic N) is 4. The Kier molecular flexibility index (Phi) is 5.91. The van der Waals surface area contributed by atoms with Gasteiger partial charge in [0.25, 0.3) is 0 Å². The Morgan fingerprint density at radius 2 is 2.23 bits per heavy atom. The van der Waals surface area contributed by atoms with Gasteiger partial charge >= 0.3 is 6.09 Å². The van der Waals surface area contributed by atoms with Gasteiger partial charge in [-0.3, -0.25) is 0 Å². The lowest BCUT2D eigenvalue weighted by atomic mass is 9.77. The number of hydrogen-bond donors (Lipinski definition) is 3. The highest BCUT2D eigenvalue weighted by Gasteiger charge is 2.38. The normalized spacial score (nSPS) is 28.7. The smallest absolute Gasteiger partial charge is 0.407 e. The Morgan fingerprint density at radius 1 is 1.39 bits per heavy atom. The predicted octanol–water partition coefficient (Wildman–Crippen LogP) is 2.81. The van der Waals surface area contributed by atoms with E-state index >= 15 is 0 Å². The van der Waals surface area contributed by atoms with Crippen molar-refractivity contribution in [3.05, 3.63) is 30.1 Å². The minimum Gasteiger partial charge on any atom is -0.465 e. The molecule has 1 saturated heterocycles. The van der Waals surface area contributed by atoms with Crippen molar-refractivity contribution in [1.29, 1.82) is 5.26 Å². The molecule has 3 atom stereocenters. The molecule has 0 bridgehead atoms. The van der Waals surface area contributed by atoms with Crippen LogP contribution < -0.4 is 5.32 Å². The van der Waals surface area contributed by atoms with Crippen LogP contribution in [0.2, 0.25) is 0 Å².